The second kappa shape index (κ2) is 9.77. The molecule has 0 N–H and O–H groups in total. The Balaban J connectivity index is 1.47. The normalized spacial score (nSPS) is 18.0. The summed E-state index contributed by atoms with van der Waals surface area (Å²) >= 11 is 6.40. The number of hydrogen-bond donors (Lipinski definition) is 0. The quantitative estimate of drug-likeness (QED) is 0.670. The summed E-state index contributed by atoms with van der Waals surface area (Å²) in [4.78, 5) is 5.02. The minimum Gasteiger partial charge on any atom is -0.497 e. The lowest BCUT2D eigenvalue weighted by atomic mass is 9.97. The number of rotatable bonds is 8. The molecule has 0 spiro atoms. The predicted molar refractivity (Wildman–Crippen MR) is 115 cm³/mol. The third-order valence-electron chi connectivity index (χ3n) is 5.75. The maximum absolute atomic E-state index is 6.40. The van der Waals surface area contributed by atoms with Crippen LogP contribution in [0.1, 0.15) is 29.7 Å². The number of methoxy groups -OCH3 is 1. The Hall–Kier alpha value is -1.56. The first-order valence-electron chi connectivity index (χ1n) is 10.2. The van der Waals surface area contributed by atoms with Crippen molar-refractivity contribution in [1.82, 2.24) is 19.6 Å². The van der Waals surface area contributed by atoms with Crippen LogP contribution in [0.15, 0.2) is 24.3 Å². The van der Waals surface area contributed by atoms with E-state index < -0.39 is 0 Å². The number of piperidine rings is 1. The summed E-state index contributed by atoms with van der Waals surface area (Å²) < 4.78 is 7.01. The molecule has 28 heavy (non-hydrogen) atoms. The monoisotopic (exact) mass is 404 g/mol. The molecule has 0 saturated carbocycles. The standard InChI is InChI=1S/C22H33ClN4O/c1-17-21(22(23)26(3)24-17)16-25(2)14-19-6-5-12-27(15-19)13-11-18-7-9-20(28-4)10-8-18/h7-10,19H,5-6,11-16H2,1-4H3/t19-/m0/s1. The first kappa shape index (κ1) is 21.2. The smallest absolute Gasteiger partial charge is 0.131 e. The van der Waals surface area contributed by atoms with Crippen molar-refractivity contribution in [2.24, 2.45) is 13.0 Å². The molecular weight excluding hydrogens is 372 g/mol. The Bertz CT molecular complexity index is 759. The van der Waals surface area contributed by atoms with Crippen LogP contribution in [0.5, 0.6) is 5.75 Å². The molecule has 1 aromatic carbocycles. The second-order valence-corrected chi connectivity index (χ2v) is 8.44. The Labute approximate surface area is 174 Å². The van der Waals surface area contributed by atoms with Gasteiger partial charge in [-0.15, -0.1) is 0 Å². The lowest BCUT2D eigenvalue weighted by Gasteiger charge is -2.34. The molecule has 0 radical (unpaired) electrons. The Morgan fingerprint density at radius 2 is 2.04 bits per heavy atom. The zero-order chi connectivity index (χ0) is 20.1. The highest BCUT2D eigenvalue weighted by atomic mass is 35.5. The molecule has 0 amide bonds. The van der Waals surface area contributed by atoms with Crippen molar-refractivity contribution < 1.29 is 4.74 Å². The number of nitrogens with zero attached hydrogens (tertiary/aromatic N) is 4. The van der Waals surface area contributed by atoms with Crippen LogP contribution < -0.4 is 4.74 Å². The summed E-state index contributed by atoms with van der Waals surface area (Å²) in [6, 6.07) is 8.45. The number of ether oxygens (including phenoxy) is 1. The average molecular weight is 405 g/mol. The Morgan fingerprint density at radius 3 is 2.68 bits per heavy atom. The van der Waals surface area contributed by atoms with Gasteiger partial charge in [0.05, 0.1) is 12.8 Å². The van der Waals surface area contributed by atoms with Crippen LogP contribution in [0.2, 0.25) is 5.15 Å². The number of hydrogen-bond acceptors (Lipinski definition) is 4. The molecule has 5 nitrogen and oxygen atoms in total. The summed E-state index contributed by atoms with van der Waals surface area (Å²) in [5.41, 5.74) is 3.56. The summed E-state index contributed by atoms with van der Waals surface area (Å²) in [7, 11) is 5.81. The average Bonchev–Trinajstić information content (AvgIpc) is 2.93. The van der Waals surface area contributed by atoms with E-state index >= 15 is 0 Å². The third kappa shape index (κ3) is 5.49. The van der Waals surface area contributed by atoms with Crippen molar-refractivity contribution in [3.8, 4) is 5.75 Å². The first-order chi connectivity index (χ1) is 13.5. The fraction of sp³-hybridized carbons (Fsp3) is 0.591. The summed E-state index contributed by atoms with van der Waals surface area (Å²) in [6.07, 6.45) is 3.69. The molecule has 1 aromatic heterocycles. The molecule has 154 valence electrons. The third-order valence-corrected chi connectivity index (χ3v) is 6.22. The number of benzene rings is 1. The van der Waals surface area contributed by atoms with Crippen molar-refractivity contribution >= 4 is 11.6 Å². The van der Waals surface area contributed by atoms with Crippen LogP contribution in [0, 0.1) is 12.8 Å². The molecule has 2 heterocycles. The number of likely N-dealkylation sites (tertiary alicyclic amines) is 1. The fourth-order valence-electron chi connectivity index (χ4n) is 4.21. The van der Waals surface area contributed by atoms with E-state index in [-0.39, 0.29) is 0 Å². The van der Waals surface area contributed by atoms with Gasteiger partial charge in [-0.2, -0.15) is 5.10 Å². The fourth-order valence-corrected chi connectivity index (χ4v) is 4.45. The second-order valence-electron chi connectivity index (χ2n) is 8.08. The van der Waals surface area contributed by atoms with Crippen LogP contribution in [-0.4, -0.2) is 59.9 Å². The van der Waals surface area contributed by atoms with Gasteiger partial charge < -0.3 is 14.5 Å². The van der Waals surface area contributed by atoms with E-state index in [0.717, 1.165) is 48.2 Å². The maximum Gasteiger partial charge on any atom is 0.131 e. The zero-order valence-corrected chi connectivity index (χ0v) is 18.4. The first-order valence-corrected chi connectivity index (χ1v) is 10.6. The van der Waals surface area contributed by atoms with Crippen molar-refractivity contribution in [2.45, 2.75) is 32.7 Å². The summed E-state index contributed by atoms with van der Waals surface area (Å²) in [6.45, 7) is 7.52. The van der Waals surface area contributed by atoms with Crippen molar-refractivity contribution in [1.29, 1.82) is 0 Å². The summed E-state index contributed by atoms with van der Waals surface area (Å²) in [5.74, 6) is 1.64. The van der Waals surface area contributed by atoms with Gasteiger partial charge in [-0.25, -0.2) is 0 Å². The van der Waals surface area contributed by atoms with Crippen LogP contribution in [0.3, 0.4) is 0 Å². The van der Waals surface area contributed by atoms with E-state index in [1.807, 2.05) is 14.0 Å². The Kier molecular flexibility index (Phi) is 7.38. The van der Waals surface area contributed by atoms with E-state index in [9.17, 15) is 0 Å². The molecular formula is C22H33ClN4O. The van der Waals surface area contributed by atoms with Crippen molar-refractivity contribution in [3.05, 3.63) is 46.2 Å². The molecule has 1 atom stereocenters. The number of halogens is 1. The topological polar surface area (TPSA) is 33.5 Å². The SMILES string of the molecule is COc1ccc(CCN2CCC[C@@H](CN(C)Cc3c(C)nn(C)c3Cl)C2)cc1. The molecule has 1 saturated heterocycles. The summed E-state index contributed by atoms with van der Waals surface area (Å²) in [5, 5.41) is 5.19. The minimum atomic E-state index is 0.713. The van der Waals surface area contributed by atoms with E-state index in [0.29, 0.717) is 5.92 Å². The van der Waals surface area contributed by atoms with E-state index in [2.05, 4.69) is 46.2 Å². The van der Waals surface area contributed by atoms with Crippen molar-refractivity contribution in [3.63, 3.8) is 0 Å². The minimum absolute atomic E-state index is 0.713. The lowest BCUT2D eigenvalue weighted by molar-refractivity contribution is 0.142. The van der Waals surface area contributed by atoms with Gasteiger partial charge in [0.15, 0.2) is 0 Å². The molecule has 0 unspecified atom stereocenters. The zero-order valence-electron chi connectivity index (χ0n) is 17.6. The van der Waals surface area contributed by atoms with Crippen LogP contribution in [0.25, 0.3) is 0 Å². The number of aryl methyl sites for hydroxylation is 2. The molecule has 1 aliphatic rings. The van der Waals surface area contributed by atoms with Gasteiger partial charge in [0.1, 0.15) is 10.9 Å². The van der Waals surface area contributed by atoms with Gasteiger partial charge in [0, 0.05) is 38.8 Å². The van der Waals surface area contributed by atoms with E-state index in [1.54, 1.807) is 11.8 Å². The molecule has 0 bridgehead atoms. The van der Waals surface area contributed by atoms with Gasteiger partial charge in [-0.1, -0.05) is 23.7 Å². The highest BCUT2D eigenvalue weighted by molar-refractivity contribution is 6.30. The highest BCUT2D eigenvalue weighted by Gasteiger charge is 2.22. The maximum atomic E-state index is 6.40. The number of aromatic nitrogens is 2. The lowest BCUT2D eigenvalue weighted by Crippen LogP contribution is -2.40. The largest absolute Gasteiger partial charge is 0.497 e. The molecule has 6 heteroatoms. The van der Waals surface area contributed by atoms with Gasteiger partial charge in [-0.05, 0) is 63.4 Å². The van der Waals surface area contributed by atoms with E-state index in [1.165, 1.54) is 31.5 Å². The van der Waals surface area contributed by atoms with E-state index in [4.69, 9.17) is 16.3 Å². The Morgan fingerprint density at radius 1 is 1.29 bits per heavy atom. The highest BCUT2D eigenvalue weighted by Crippen LogP contribution is 2.23. The van der Waals surface area contributed by atoms with Crippen LogP contribution in [0.4, 0.5) is 0 Å². The van der Waals surface area contributed by atoms with Gasteiger partial charge in [0.2, 0.25) is 0 Å². The van der Waals surface area contributed by atoms with Gasteiger partial charge in [-0.3, -0.25) is 4.68 Å². The molecule has 3 rings (SSSR count). The predicted octanol–water partition coefficient (Wildman–Crippen LogP) is 3.78. The molecule has 0 aliphatic carbocycles. The van der Waals surface area contributed by atoms with Gasteiger partial charge in [0.25, 0.3) is 0 Å². The molecule has 1 aliphatic heterocycles. The molecule has 1 fully saturated rings. The van der Waals surface area contributed by atoms with Crippen molar-refractivity contribution in [2.75, 3.05) is 40.3 Å². The van der Waals surface area contributed by atoms with Crippen LogP contribution in [-0.2, 0) is 20.0 Å². The van der Waals surface area contributed by atoms with Gasteiger partial charge >= 0.3 is 0 Å². The van der Waals surface area contributed by atoms with Crippen LogP contribution >= 0.6 is 11.6 Å². The molecule has 2 aromatic rings.